The molecule has 4 nitrogen and oxygen atoms in total. The zero-order chi connectivity index (χ0) is 19.7. The molecule has 2 saturated heterocycles. The maximum atomic E-state index is 13.2. The number of rotatable bonds is 6. The number of carbonyl (C=O) groups excluding carboxylic acids is 1. The van der Waals surface area contributed by atoms with Crippen LogP contribution in [0.5, 0.6) is 11.5 Å². The van der Waals surface area contributed by atoms with Gasteiger partial charge in [-0.15, -0.1) is 23.5 Å². The average molecular weight is 422 g/mol. The van der Waals surface area contributed by atoms with E-state index in [1.165, 1.54) is 29.1 Å². The molecule has 0 aliphatic carbocycles. The van der Waals surface area contributed by atoms with E-state index >= 15 is 0 Å². The van der Waals surface area contributed by atoms with E-state index in [1.807, 2.05) is 0 Å². The summed E-state index contributed by atoms with van der Waals surface area (Å²) in [6.45, 7) is 3.07. The molecule has 2 atom stereocenters. The van der Waals surface area contributed by atoms with Gasteiger partial charge in [0, 0.05) is 18.9 Å². The van der Waals surface area contributed by atoms with Gasteiger partial charge in [0.05, 0.1) is 24.3 Å². The number of nitrogens with zero attached hydrogens (tertiary/aromatic N) is 1. The molecule has 0 radical (unpaired) electrons. The van der Waals surface area contributed by atoms with E-state index in [-0.39, 0.29) is 5.54 Å². The van der Waals surface area contributed by atoms with Crippen LogP contribution in [0.1, 0.15) is 50.2 Å². The summed E-state index contributed by atoms with van der Waals surface area (Å²) in [5.74, 6) is 4.70. The summed E-state index contributed by atoms with van der Waals surface area (Å²) >= 11 is 4.14. The first-order chi connectivity index (χ1) is 13.7. The number of carbonyl (C=O) groups is 1. The summed E-state index contributed by atoms with van der Waals surface area (Å²) in [7, 11) is 3.40. The molecule has 3 heterocycles. The first-order valence-electron chi connectivity index (χ1n) is 10.4. The molecule has 0 bridgehead atoms. The van der Waals surface area contributed by atoms with Gasteiger partial charge in [-0.2, -0.15) is 0 Å². The van der Waals surface area contributed by atoms with Crippen LogP contribution < -0.4 is 9.47 Å². The van der Waals surface area contributed by atoms with Crippen molar-refractivity contribution in [2.24, 2.45) is 5.92 Å². The number of hydrogen-bond acceptors (Lipinski definition) is 5. The van der Waals surface area contributed by atoms with Gasteiger partial charge in [-0.25, -0.2) is 0 Å². The summed E-state index contributed by atoms with van der Waals surface area (Å²) in [6.07, 6.45) is 6.18. The Morgan fingerprint density at radius 3 is 2.57 bits per heavy atom. The van der Waals surface area contributed by atoms with Crippen LogP contribution in [-0.4, -0.2) is 47.7 Å². The summed E-state index contributed by atoms with van der Waals surface area (Å²) in [5, 5.41) is 0. The lowest BCUT2D eigenvalue weighted by Gasteiger charge is -2.49. The number of methoxy groups -OCH3 is 2. The minimum atomic E-state index is -0.192. The third-order valence-electron chi connectivity index (χ3n) is 6.56. The molecule has 28 heavy (non-hydrogen) atoms. The Balaban J connectivity index is 1.86. The Kier molecular flexibility index (Phi) is 6.07. The van der Waals surface area contributed by atoms with Crippen LogP contribution in [0.3, 0.4) is 0 Å². The molecule has 2 fully saturated rings. The van der Waals surface area contributed by atoms with Gasteiger partial charge in [0.15, 0.2) is 11.5 Å². The van der Waals surface area contributed by atoms with Crippen molar-refractivity contribution >= 4 is 29.4 Å². The lowest BCUT2D eigenvalue weighted by molar-refractivity contribution is -0.132. The van der Waals surface area contributed by atoms with Gasteiger partial charge in [0.1, 0.15) is 0 Å². The Bertz CT molecular complexity index is 735. The quantitative estimate of drug-likeness (QED) is 0.666. The van der Waals surface area contributed by atoms with E-state index in [0.717, 1.165) is 43.7 Å². The molecule has 0 saturated carbocycles. The Hall–Kier alpha value is -1.01. The largest absolute Gasteiger partial charge is 0.493 e. The second-order valence-electron chi connectivity index (χ2n) is 7.96. The summed E-state index contributed by atoms with van der Waals surface area (Å²) in [4.78, 5) is 15.4. The van der Waals surface area contributed by atoms with Gasteiger partial charge in [0.2, 0.25) is 5.91 Å². The third kappa shape index (κ3) is 3.20. The smallest absolute Gasteiger partial charge is 0.223 e. The number of hydrogen-bond donors (Lipinski definition) is 0. The van der Waals surface area contributed by atoms with E-state index in [2.05, 4.69) is 47.5 Å². The van der Waals surface area contributed by atoms with E-state index in [0.29, 0.717) is 22.8 Å². The first-order valence-corrected chi connectivity index (χ1v) is 12.5. The minimum Gasteiger partial charge on any atom is -0.493 e. The highest BCUT2D eigenvalue weighted by Gasteiger charge is 2.58. The van der Waals surface area contributed by atoms with Crippen molar-refractivity contribution in [2.75, 3.05) is 32.3 Å². The molecule has 3 aliphatic rings. The fourth-order valence-corrected chi connectivity index (χ4v) is 8.62. The van der Waals surface area contributed by atoms with Crippen molar-refractivity contribution in [3.63, 3.8) is 0 Å². The molecular weight excluding hydrogens is 390 g/mol. The zero-order valence-electron chi connectivity index (χ0n) is 17.2. The van der Waals surface area contributed by atoms with Gasteiger partial charge in [-0.1, -0.05) is 19.8 Å². The Morgan fingerprint density at radius 1 is 1.18 bits per heavy atom. The predicted molar refractivity (Wildman–Crippen MR) is 118 cm³/mol. The summed E-state index contributed by atoms with van der Waals surface area (Å²) in [5.41, 5.74) is 2.45. The molecule has 1 amide bonds. The van der Waals surface area contributed by atoms with E-state index < -0.39 is 0 Å². The SMILES string of the molecule is CCCC[C@@]12c3cc(OC)c(OC)cc3CCN1C(=O)C[C@@H]2C1SCCCS1. The van der Waals surface area contributed by atoms with Crippen LogP contribution in [0, 0.1) is 5.92 Å². The molecule has 0 aromatic heterocycles. The summed E-state index contributed by atoms with van der Waals surface area (Å²) in [6, 6.07) is 4.33. The van der Waals surface area contributed by atoms with Crippen molar-refractivity contribution in [3.8, 4) is 11.5 Å². The molecule has 4 rings (SSSR count). The minimum absolute atomic E-state index is 0.192. The summed E-state index contributed by atoms with van der Waals surface area (Å²) < 4.78 is 11.7. The number of ether oxygens (including phenoxy) is 2. The fraction of sp³-hybridized carbons (Fsp3) is 0.682. The number of fused-ring (bicyclic) bond motifs is 3. The van der Waals surface area contributed by atoms with E-state index in [4.69, 9.17) is 9.47 Å². The van der Waals surface area contributed by atoms with Crippen LogP contribution in [-0.2, 0) is 16.8 Å². The second kappa shape index (κ2) is 8.39. The maximum Gasteiger partial charge on any atom is 0.223 e. The lowest BCUT2D eigenvalue weighted by atomic mass is 9.71. The van der Waals surface area contributed by atoms with Crippen molar-refractivity contribution in [3.05, 3.63) is 23.3 Å². The maximum absolute atomic E-state index is 13.2. The lowest BCUT2D eigenvalue weighted by Crippen LogP contribution is -2.52. The molecule has 1 aromatic rings. The van der Waals surface area contributed by atoms with Crippen LogP contribution in [0.15, 0.2) is 12.1 Å². The van der Waals surface area contributed by atoms with Gasteiger partial charge in [0.25, 0.3) is 0 Å². The van der Waals surface area contributed by atoms with Gasteiger partial charge < -0.3 is 14.4 Å². The molecular formula is C22H31NO3S2. The molecule has 0 unspecified atom stereocenters. The van der Waals surface area contributed by atoms with Gasteiger partial charge >= 0.3 is 0 Å². The number of thioether (sulfide) groups is 2. The van der Waals surface area contributed by atoms with Crippen LogP contribution in [0.2, 0.25) is 0 Å². The van der Waals surface area contributed by atoms with Crippen LogP contribution in [0.25, 0.3) is 0 Å². The number of amides is 1. The Labute approximate surface area is 177 Å². The highest BCUT2D eigenvalue weighted by atomic mass is 32.2. The predicted octanol–water partition coefficient (Wildman–Crippen LogP) is 4.69. The van der Waals surface area contributed by atoms with E-state index in [9.17, 15) is 4.79 Å². The van der Waals surface area contributed by atoms with Crippen molar-refractivity contribution in [2.45, 2.75) is 55.6 Å². The molecule has 0 N–H and O–H groups in total. The monoisotopic (exact) mass is 421 g/mol. The second-order valence-corrected chi connectivity index (χ2v) is 10.8. The normalized spacial score (nSPS) is 27.5. The zero-order valence-corrected chi connectivity index (χ0v) is 18.8. The number of benzene rings is 1. The van der Waals surface area contributed by atoms with Crippen molar-refractivity contribution in [1.29, 1.82) is 0 Å². The third-order valence-corrected chi connectivity index (χ3v) is 9.74. The van der Waals surface area contributed by atoms with Crippen molar-refractivity contribution < 1.29 is 14.3 Å². The topological polar surface area (TPSA) is 38.8 Å². The van der Waals surface area contributed by atoms with Gasteiger partial charge in [-0.05, 0) is 54.0 Å². The van der Waals surface area contributed by atoms with E-state index in [1.54, 1.807) is 14.2 Å². The molecule has 6 heteroatoms. The Morgan fingerprint density at radius 2 is 1.89 bits per heavy atom. The molecule has 154 valence electrons. The van der Waals surface area contributed by atoms with Crippen LogP contribution >= 0.6 is 23.5 Å². The molecule has 3 aliphatic heterocycles. The highest BCUT2D eigenvalue weighted by Crippen LogP contribution is 2.57. The average Bonchev–Trinajstić information content (AvgIpc) is 3.04. The first kappa shape index (κ1) is 20.3. The van der Waals surface area contributed by atoms with Gasteiger partial charge in [-0.3, -0.25) is 4.79 Å². The fourth-order valence-electron chi connectivity index (χ4n) is 5.28. The molecule has 0 spiro atoms. The standard InChI is InChI=1S/C22H31NO3S2/c1-4-5-8-22-16-13-19(26-3)18(25-2)12-15(16)7-9-23(22)20(24)14-17(22)21-27-10-6-11-28-21/h12-13,17,21H,4-11,14H2,1-3H3/t17-,22+/m1/s1. The van der Waals surface area contributed by atoms with Crippen LogP contribution in [0.4, 0.5) is 0 Å². The number of unbranched alkanes of at least 4 members (excludes halogenated alkanes) is 1. The highest BCUT2D eigenvalue weighted by molar-refractivity contribution is 8.17. The van der Waals surface area contributed by atoms with Crippen molar-refractivity contribution in [1.82, 2.24) is 4.90 Å². The molecule has 1 aromatic carbocycles.